The summed E-state index contributed by atoms with van der Waals surface area (Å²) in [6.07, 6.45) is 0. The van der Waals surface area contributed by atoms with Crippen molar-refractivity contribution >= 4 is 118 Å². The van der Waals surface area contributed by atoms with Crippen LogP contribution in [-0.2, 0) is 0 Å². The Bertz CT molecular complexity index is 2070. The molecule has 7 aromatic carbocycles. The number of hydrogen-bond donors (Lipinski definition) is 0. The molecule has 0 heterocycles. The van der Waals surface area contributed by atoms with Gasteiger partial charge in [-0.15, -0.1) is 11.6 Å². The maximum atomic E-state index is 13.2. The molecule has 0 aromatic heterocycles. The lowest BCUT2D eigenvalue weighted by atomic mass is 9.82. The molecule has 0 fully saturated rings. The highest BCUT2D eigenvalue weighted by Gasteiger charge is 2.33. The van der Waals surface area contributed by atoms with E-state index in [1.165, 1.54) is 53.9 Å². The fourth-order valence-corrected chi connectivity index (χ4v) is 7.48. The third-order valence-corrected chi connectivity index (χ3v) is 10.4. The van der Waals surface area contributed by atoms with E-state index in [9.17, 15) is 4.79 Å². The van der Waals surface area contributed by atoms with E-state index in [0.717, 1.165) is 20.8 Å². The van der Waals surface area contributed by atoms with Gasteiger partial charge in [0.1, 0.15) is 5.38 Å². The summed E-state index contributed by atoms with van der Waals surface area (Å²) in [6, 6.07) is 26.3. The molecule has 1 unspecified atom stereocenters. The van der Waals surface area contributed by atoms with Crippen LogP contribution in [0.5, 0.6) is 0 Å². The van der Waals surface area contributed by atoms with Crippen molar-refractivity contribution in [3.63, 3.8) is 0 Å². The Labute approximate surface area is 215 Å². The second-order valence-corrected chi connectivity index (χ2v) is 11.2. The number of carbonyl (C=O) groups excluding carboxylic acids is 1. The van der Waals surface area contributed by atoms with E-state index < -0.39 is 5.38 Å². The van der Waals surface area contributed by atoms with Gasteiger partial charge in [0.05, 0.1) is 0 Å². The summed E-state index contributed by atoms with van der Waals surface area (Å²) in [5.74, 6) is -0.0689. The fourth-order valence-electron chi connectivity index (χ4n) is 6.06. The SMILES string of the molecule is O=C1c2cc3ccc4cc5c6ccccc6cc6ccc7cc(c2C(Br)=C(Br)C1Cl)c3c4c7c65. The second kappa shape index (κ2) is 6.48. The molecule has 1 atom stereocenters. The lowest BCUT2D eigenvalue weighted by Gasteiger charge is -2.25. The maximum Gasteiger partial charge on any atom is 0.186 e. The average Bonchev–Trinajstić information content (AvgIpc) is 2.87. The van der Waals surface area contributed by atoms with Crippen LogP contribution < -0.4 is 0 Å². The molecule has 160 valence electrons. The van der Waals surface area contributed by atoms with E-state index in [1.54, 1.807) is 0 Å². The highest BCUT2D eigenvalue weighted by Crippen LogP contribution is 2.50. The first kappa shape index (κ1) is 19.6. The zero-order valence-corrected chi connectivity index (χ0v) is 21.5. The molecule has 0 bridgehead atoms. The molecule has 1 nitrogen and oxygen atoms in total. The van der Waals surface area contributed by atoms with Gasteiger partial charge in [-0.2, -0.15) is 0 Å². The van der Waals surface area contributed by atoms with Gasteiger partial charge in [-0.1, -0.05) is 64.5 Å². The number of halogens is 3. The summed E-state index contributed by atoms with van der Waals surface area (Å²) in [5, 5.41) is 14.0. The second-order valence-electron chi connectivity index (χ2n) is 9.16. The number of Topliss-reactive ketones (excluding diaryl/α,β-unsaturated/α-hetero) is 1. The molecule has 8 rings (SSSR count). The van der Waals surface area contributed by atoms with Gasteiger partial charge < -0.3 is 0 Å². The monoisotopic (exact) mass is 582 g/mol. The Balaban J connectivity index is 1.69. The van der Waals surface area contributed by atoms with Gasteiger partial charge in [-0.05, 0) is 105 Å². The van der Waals surface area contributed by atoms with Gasteiger partial charge in [-0.3, -0.25) is 4.79 Å². The number of ketones is 1. The van der Waals surface area contributed by atoms with Gasteiger partial charge in [0, 0.05) is 20.1 Å². The number of carbonyl (C=O) groups is 1. The summed E-state index contributed by atoms with van der Waals surface area (Å²) < 4.78 is 1.54. The fraction of sp³-hybridized carbons (Fsp3) is 0.0333. The van der Waals surface area contributed by atoms with Crippen LogP contribution in [0, 0.1) is 0 Å². The number of hydrogen-bond acceptors (Lipinski definition) is 1. The summed E-state index contributed by atoms with van der Waals surface area (Å²) >= 11 is 13.8. The van der Waals surface area contributed by atoms with Crippen LogP contribution in [0.1, 0.15) is 15.9 Å². The van der Waals surface area contributed by atoms with E-state index in [0.29, 0.717) is 10.0 Å². The summed E-state index contributed by atoms with van der Waals surface area (Å²) in [7, 11) is 0. The van der Waals surface area contributed by atoms with E-state index in [-0.39, 0.29) is 5.78 Å². The van der Waals surface area contributed by atoms with E-state index >= 15 is 0 Å². The van der Waals surface area contributed by atoms with Crippen molar-refractivity contribution in [2.24, 2.45) is 0 Å². The lowest BCUT2D eigenvalue weighted by molar-refractivity contribution is 0.0997. The van der Waals surface area contributed by atoms with Gasteiger partial charge in [0.25, 0.3) is 0 Å². The largest absolute Gasteiger partial charge is 0.292 e. The molecular weight excluding hydrogens is 572 g/mol. The van der Waals surface area contributed by atoms with Crippen molar-refractivity contribution in [2.45, 2.75) is 5.38 Å². The van der Waals surface area contributed by atoms with Crippen molar-refractivity contribution in [1.82, 2.24) is 0 Å². The lowest BCUT2D eigenvalue weighted by Crippen LogP contribution is -2.21. The Hall–Kier alpha value is -2.72. The number of rotatable bonds is 0. The Morgan fingerprint density at radius 3 is 1.94 bits per heavy atom. The Kier molecular flexibility index (Phi) is 3.73. The minimum Gasteiger partial charge on any atom is -0.292 e. The first-order chi connectivity index (χ1) is 16.5. The van der Waals surface area contributed by atoms with Crippen LogP contribution in [0.3, 0.4) is 0 Å². The Morgan fingerprint density at radius 2 is 1.21 bits per heavy atom. The zero-order valence-electron chi connectivity index (χ0n) is 17.5. The molecule has 0 radical (unpaired) electrons. The van der Waals surface area contributed by atoms with Gasteiger partial charge in [0.2, 0.25) is 0 Å². The summed E-state index contributed by atoms with van der Waals surface area (Å²) in [4.78, 5) is 13.2. The molecule has 0 saturated heterocycles. The Morgan fingerprint density at radius 1 is 0.618 bits per heavy atom. The zero-order chi connectivity index (χ0) is 22.9. The molecule has 0 aliphatic heterocycles. The van der Waals surface area contributed by atoms with Crippen molar-refractivity contribution in [2.75, 3.05) is 0 Å². The predicted octanol–water partition coefficient (Wildman–Crippen LogP) is 9.74. The number of alkyl halides is 1. The molecule has 1 aliphatic rings. The topological polar surface area (TPSA) is 17.1 Å². The molecule has 0 amide bonds. The number of fused-ring (bicyclic) bond motifs is 4. The van der Waals surface area contributed by atoms with Crippen molar-refractivity contribution in [3.8, 4) is 0 Å². The van der Waals surface area contributed by atoms with Crippen LogP contribution in [0.2, 0.25) is 0 Å². The van der Waals surface area contributed by atoms with Crippen molar-refractivity contribution < 1.29 is 4.79 Å². The first-order valence-electron chi connectivity index (χ1n) is 11.1. The molecular formula is C30H13Br2ClO. The highest BCUT2D eigenvalue weighted by molar-refractivity contribution is 9.16. The van der Waals surface area contributed by atoms with Gasteiger partial charge >= 0.3 is 0 Å². The summed E-state index contributed by atoms with van der Waals surface area (Å²) in [6.45, 7) is 0. The van der Waals surface area contributed by atoms with E-state index in [2.05, 4.69) is 98.6 Å². The van der Waals surface area contributed by atoms with Crippen LogP contribution in [0.4, 0.5) is 0 Å². The molecule has 7 aromatic rings. The molecule has 4 heteroatoms. The number of benzene rings is 7. The molecule has 0 spiro atoms. The standard InChI is InChI=1S/C30H13Br2ClO/c31-27-26-20-11-17-7-5-14-9-13-3-1-2-4-18(13)19-10-16-8-6-15(23(20)25(16)24(17)22(14)19)12-21(26)30(34)29(33)28(27)32/h1-12,29H. The van der Waals surface area contributed by atoms with E-state index in [1.807, 2.05) is 6.07 Å². The van der Waals surface area contributed by atoms with E-state index in [4.69, 9.17) is 11.6 Å². The predicted molar refractivity (Wildman–Crippen MR) is 153 cm³/mol. The first-order valence-corrected chi connectivity index (χ1v) is 13.1. The molecule has 0 saturated carbocycles. The average molecular weight is 585 g/mol. The normalized spacial score (nSPS) is 16.9. The minimum absolute atomic E-state index is 0.0689. The van der Waals surface area contributed by atoms with Gasteiger partial charge in [-0.25, -0.2) is 0 Å². The van der Waals surface area contributed by atoms with Crippen LogP contribution in [-0.4, -0.2) is 11.2 Å². The van der Waals surface area contributed by atoms with Gasteiger partial charge in [0.15, 0.2) is 5.78 Å². The highest BCUT2D eigenvalue weighted by atomic mass is 79.9. The molecule has 1 aliphatic carbocycles. The third kappa shape index (κ3) is 2.24. The molecule has 0 N–H and O–H groups in total. The van der Waals surface area contributed by atoms with Crippen LogP contribution in [0.25, 0.3) is 69.1 Å². The van der Waals surface area contributed by atoms with Crippen molar-refractivity contribution in [3.05, 3.63) is 88.4 Å². The third-order valence-electron chi connectivity index (χ3n) is 7.48. The molecule has 34 heavy (non-hydrogen) atoms. The smallest absolute Gasteiger partial charge is 0.186 e. The minimum atomic E-state index is -0.715. The van der Waals surface area contributed by atoms with Crippen LogP contribution >= 0.6 is 43.5 Å². The van der Waals surface area contributed by atoms with Crippen molar-refractivity contribution in [1.29, 1.82) is 0 Å². The van der Waals surface area contributed by atoms with Crippen LogP contribution in [0.15, 0.2) is 77.3 Å². The summed E-state index contributed by atoms with van der Waals surface area (Å²) in [5.41, 5.74) is 1.59. The number of allylic oxidation sites excluding steroid dienone is 1. The maximum absolute atomic E-state index is 13.2. The quantitative estimate of drug-likeness (QED) is 0.0985.